The van der Waals surface area contributed by atoms with Gasteiger partial charge in [0, 0.05) is 13.2 Å². The number of ether oxygens (including phenoxy) is 2. The molecule has 0 aromatic carbocycles. The third kappa shape index (κ3) is 16.9. The quantitative estimate of drug-likeness (QED) is 0.363. The van der Waals surface area contributed by atoms with Gasteiger partial charge in [-0.3, -0.25) is 0 Å². The van der Waals surface area contributed by atoms with Crippen LogP contribution in [0.3, 0.4) is 0 Å². The SMILES string of the molecule is CCOCC.COc1nc(Cl)ncc1Cl.C[O-].Clc1ncc(Cl)c(Cl)n1.[Na+]. The van der Waals surface area contributed by atoms with Gasteiger partial charge in [-0.2, -0.15) is 12.1 Å². The summed E-state index contributed by atoms with van der Waals surface area (Å²) in [5.74, 6) is 0.293. The fourth-order valence-corrected chi connectivity index (χ4v) is 1.70. The smallest absolute Gasteiger partial charge is 0.857 e. The van der Waals surface area contributed by atoms with Crippen LogP contribution < -0.4 is 39.4 Å². The topological polar surface area (TPSA) is 93.1 Å². The van der Waals surface area contributed by atoms with Crippen LogP contribution in [-0.4, -0.2) is 47.4 Å². The van der Waals surface area contributed by atoms with E-state index in [1.165, 1.54) is 19.5 Å². The predicted molar refractivity (Wildman–Crippen MR) is 104 cm³/mol. The first-order chi connectivity index (χ1) is 12.3. The van der Waals surface area contributed by atoms with E-state index < -0.39 is 0 Å². The minimum atomic E-state index is 0. The van der Waals surface area contributed by atoms with Crippen molar-refractivity contribution in [3.8, 4) is 5.88 Å². The average Bonchev–Trinajstić information content (AvgIpc) is 2.64. The van der Waals surface area contributed by atoms with Crippen molar-refractivity contribution in [2.45, 2.75) is 13.8 Å². The van der Waals surface area contributed by atoms with Gasteiger partial charge < -0.3 is 14.6 Å². The summed E-state index contributed by atoms with van der Waals surface area (Å²) in [6.07, 6.45) is 2.73. The van der Waals surface area contributed by atoms with E-state index in [-0.39, 0.29) is 45.3 Å². The van der Waals surface area contributed by atoms with Crippen LogP contribution in [0.25, 0.3) is 0 Å². The minimum Gasteiger partial charge on any atom is -0.857 e. The summed E-state index contributed by atoms with van der Waals surface area (Å²) in [7, 11) is 2.21. The molecular weight excluding hydrogens is 472 g/mol. The van der Waals surface area contributed by atoms with Gasteiger partial charge >= 0.3 is 29.6 Å². The normalized spacial score (nSPS) is 8.52. The summed E-state index contributed by atoms with van der Waals surface area (Å²) in [4.78, 5) is 14.5. The molecule has 0 unspecified atom stereocenters. The van der Waals surface area contributed by atoms with Gasteiger partial charge in [0.15, 0.2) is 5.15 Å². The van der Waals surface area contributed by atoms with Crippen molar-refractivity contribution in [1.82, 2.24) is 19.9 Å². The van der Waals surface area contributed by atoms with E-state index in [9.17, 15) is 0 Å². The van der Waals surface area contributed by atoms with Crippen LogP contribution in [0, 0.1) is 0 Å². The fourth-order valence-electron chi connectivity index (χ4n) is 1.00. The Bertz CT molecular complexity index is 627. The molecule has 0 saturated carbocycles. The van der Waals surface area contributed by atoms with E-state index in [1.54, 1.807) is 0 Å². The van der Waals surface area contributed by atoms with Crippen molar-refractivity contribution in [3.05, 3.63) is 38.2 Å². The Labute approximate surface area is 206 Å². The second kappa shape index (κ2) is 21.0. The molecule has 7 nitrogen and oxygen atoms in total. The van der Waals surface area contributed by atoms with E-state index in [0.717, 1.165) is 20.3 Å². The molecule has 0 aliphatic carbocycles. The zero-order chi connectivity index (χ0) is 20.5. The van der Waals surface area contributed by atoms with Gasteiger partial charge in [0.2, 0.25) is 16.4 Å². The van der Waals surface area contributed by atoms with Crippen LogP contribution >= 0.6 is 58.0 Å². The number of rotatable bonds is 3. The van der Waals surface area contributed by atoms with Gasteiger partial charge in [-0.25, -0.2) is 15.0 Å². The Balaban J connectivity index is -0.000000314. The number of halogens is 5. The van der Waals surface area contributed by atoms with Crippen LogP contribution in [0.1, 0.15) is 13.8 Å². The Morgan fingerprint density at radius 1 is 0.852 bits per heavy atom. The molecule has 2 aromatic rings. The second-order valence-electron chi connectivity index (χ2n) is 3.56. The van der Waals surface area contributed by atoms with Gasteiger partial charge in [-0.15, -0.1) is 0 Å². The maximum atomic E-state index is 8.25. The predicted octanol–water partition coefficient (Wildman–Crippen LogP) is 1.25. The number of aromatic nitrogens is 4. The van der Waals surface area contributed by atoms with E-state index >= 15 is 0 Å². The third-order valence-corrected chi connectivity index (χ3v) is 3.24. The maximum Gasteiger partial charge on any atom is 1.00 e. The molecule has 0 spiro atoms. The summed E-state index contributed by atoms with van der Waals surface area (Å²) >= 11 is 27.3. The van der Waals surface area contributed by atoms with E-state index in [2.05, 4.69) is 19.9 Å². The molecule has 0 saturated heterocycles. The van der Waals surface area contributed by atoms with Gasteiger partial charge in [-0.05, 0) is 37.0 Å². The summed E-state index contributed by atoms with van der Waals surface area (Å²) in [5, 5.41) is 9.32. The zero-order valence-electron chi connectivity index (χ0n) is 15.5. The number of hydrogen-bond donors (Lipinski definition) is 0. The van der Waals surface area contributed by atoms with Crippen LogP contribution in [0.15, 0.2) is 12.4 Å². The number of nitrogens with zero attached hydrogens (tertiary/aromatic N) is 4. The molecule has 2 heterocycles. The average molecular weight is 491 g/mol. The van der Waals surface area contributed by atoms with Crippen molar-refractivity contribution in [3.63, 3.8) is 0 Å². The molecule has 0 atom stereocenters. The molecule has 0 radical (unpaired) electrons. The molecule has 0 aliphatic rings. The molecular formula is C14H18Cl5N4NaO3. The molecule has 0 bridgehead atoms. The van der Waals surface area contributed by atoms with E-state index in [4.69, 9.17) is 72.6 Å². The van der Waals surface area contributed by atoms with Gasteiger partial charge in [0.05, 0.1) is 24.5 Å². The first kappa shape index (κ1) is 32.0. The van der Waals surface area contributed by atoms with Crippen LogP contribution in [-0.2, 0) is 4.74 Å². The molecule has 27 heavy (non-hydrogen) atoms. The monoisotopic (exact) mass is 488 g/mol. The standard InChI is InChI=1S/C5H4Cl2N2O.C4HCl3N2.C4H10O.CH3O.Na/c1-10-4-3(6)2-8-5(7)9-4;5-2-1-8-4(7)9-3(2)6;1-3-5-4-2;1-2;/h2H,1H3;1H;3-4H2,1-2H3;1H3;/q;;;-1;+1. The minimum absolute atomic E-state index is 0. The molecule has 0 amide bonds. The van der Waals surface area contributed by atoms with Gasteiger partial charge in [-0.1, -0.05) is 34.8 Å². The Morgan fingerprint density at radius 3 is 1.59 bits per heavy atom. The number of hydrogen-bond acceptors (Lipinski definition) is 7. The maximum absolute atomic E-state index is 8.25. The van der Waals surface area contributed by atoms with Gasteiger partial charge in [0.1, 0.15) is 5.02 Å². The zero-order valence-corrected chi connectivity index (χ0v) is 21.3. The summed E-state index contributed by atoms with van der Waals surface area (Å²) in [6, 6.07) is 0. The fraction of sp³-hybridized carbons (Fsp3) is 0.429. The Kier molecular flexibility index (Phi) is 25.0. The Morgan fingerprint density at radius 2 is 1.30 bits per heavy atom. The molecule has 0 aliphatic heterocycles. The molecule has 0 fully saturated rings. The van der Waals surface area contributed by atoms with Crippen LogP contribution in [0.5, 0.6) is 5.88 Å². The van der Waals surface area contributed by atoms with Crippen molar-refractivity contribution in [1.29, 1.82) is 0 Å². The van der Waals surface area contributed by atoms with Crippen LogP contribution in [0.4, 0.5) is 0 Å². The summed E-state index contributed by atoms with van der Waals surface area (Å²) in [6.45, 7) is 5.67. The van der Waals surface area contributed by atoms with Crippen molar-refractivity contribution in [2.75, 3.05) is 27.4 Å². The molecule has 2 rings (SSSR count). The number of methoxy groups -OCH3 is 1. The molecule has 0 N–H and O–H groups in total. The van der Waals surface area contributed by atoms with E-state index in [1.807, 2.05) is 13.8 Å². The summed E-state index contributed by atoms with van der Waals surface area (Å²) < 4.78 is 9.59. The first-order valence-corrected chi connectivity index (χ1v) is 8.78. The second-order valence-corrected chi connectivity index (χ2v) is 5.40. The van der Waals surface area contributed by atoms with E-state index in [0.29, 0.717) is 15.9 Å². The first-order valence-electron chi connectivity index (χ1n) is 6.89. The van der Waals surface area contributed by atoms with Crippen LogP contribution in [0.2, 0.25) is 25.8 Å². The molecule has 13 heteroatoms. The third-order valence-electron chi connectivity index (χ3n) is 1.96. The summed E-state index contributed by atoms with van der Waals surface area (Å²) in [5.41, 5.74) is 0. The largest absolute Gasteiger partial charge is 1.00 e. The van der Waals surface area contributed by atoms with Crippen molar-refractivity contribution in [2.24, 2.45) is 0 Å². The van der Waals surface area contributed by atoms with Crippen molar-refractivity contribution >= 4 is 58.0 Å². The Hall–Kier alpha value is 0.330. The van der Waals surface area contributed by atoms with Crippen molar-refractivity contribution < 1.29 is 44.1 Å². The van der Waals surface area contributed by atoms with Gasteiger partial charge in [0.25, 0.3) is 0 Å². The molecule has 2 aromatic heterocycles. The molecule has 148 valence electrons.